The number of nitrogens with zero attached hydrogens (tertiary/aromatic N) is 1. The van der Waals surface area contributed by atoms with Crippen LogP contribution in [0.3, 0.4) is 0 Å². The molecule has 2 rings (SSSR count). The maximum Gasteiger partial charge on any atom is 0.255 e. The molecule has 0 N–H and O–H groups in total. The van der Waals surface area contributed by atoms with Crippen LogP contribution in [0.5, 0.6) is 0 Å². The van der Waals surface area contributed by atoms with Gasteiger partial charge in [0, 0.05) is 28.0 Å². The Morgan fingerprint density at radius 3 is 2.65 bits per heavy atom. The Morgan fingerprint density at radius 2 is 2.00 bits per heavy atom. The molecule has 0 aromatic heterocycles. The van der Waals surface area contributed by atoms with Gasteiger partial charge in [-0.2, -0.15) is 0 Å². The summed E-state index contributed by atoms with van der Waals surface area (Å²) >= 11 is 15.3. The lowest BCUT2D eigenvalue weighted by Gasteiger charge is -2.34. The predicted octanol–water partition coefficient (Wildman–Crippen LogP) is 5.12. The highest BCUT2D eigenvalue weighted by molar-refractivity contribution is 9.10. The number of amides is 1. The number of hydrogen-bond acceptors (Lipinski definition) is 1. The minimum Gasteiger partial charge on any atom is -0.334 e. The molecule has 0 unspecified atom stereocenters. The van der Waals surface area contributed by atoms with E-state index in [9.17, 15) is 4.79 Å². The molecule has 0 atom stereocenters. The predicted molar refractivity (Wildman–Crippen MR) is 87.8 cm³/mol. The van der Waals surface area contributed by atoms with Crippen LogP contribution in [0, 0.1) is 0 Å². The Hall–Kier alpha value is -0.250. The minimum absolute atomic E-state index is 0.0203. The Morgan fingerprint density at radius 1 is 1.30 bits per heavy atom. The fourth-order valence-electron chi connectivity index (χ4n) is 2.75. The zero-order valence-corrected chi connectivity index (χ0v) is 14.3. The first-order chi connectivity index (χ1) is 9.63. The number of halogens is 3. The average Bonchev–Trinajstić information content (AvgIpc) is 2.47. The van der Waals surface area contributed by atoms with Crippen molar-refractivity contribution in [1.29, 1.82) is 0 Å². The van der Waals surface area contributed by atoms with Crippen LogP contribution in [-0.2, 0) is 0 Å². The third kappa shape index (κ3) is 3.90. The van der Waals surface area contributed by atoms with Crippen LogP contribution < -0.4 is 0 Å². The second kappa shape index (κ2) is 7.67. The Kier molecular flexibility index (Phi) is 6.19. The smallest absolute Gasteiger partial charge is 0.255 e. The fourth-order valence-corrected chi connectivity index (χ4v) is 3.52. The van der Waals surface area contributed by atoms with E-state index in [1.807, 2.05) is 11.0 Å². The maximum atomic E-state index is 12.8. The maximum absolute atomic E-state index is 12.8. The third-order valence-electron chi connectivity index (χ3n) is 3.76. The van der Waals surface area contributed by atoms with E-state index in [0.29, 0.717) is 29.1 Å². The molecular weight excluding hydrogens is 361 g/mol. The van der Waals surface area contributed by atoms with Gasteiger partial charge in [0.25, 0.3) is 5.91 Å². The first-order valence-electron chi connectivity index (χ1n) is 6.95. The summed E-state index contributed by atoms with van der Waals surface area (Å²) in [6.07, 6.45) is 5.78. The summed E-state index contributed by atoms with van der Waals surface area (Å²) in [6.45, 7) is 0.587. The monoisotopic (exact) mass is 377 g/mol. The minimum atomic E-state index is 0.0203. The highest BCUT2D eigenvalue weighted by atomic mass is 79.9. The van der Waals surface area contributed by atoms with E-state index in [4.69, 9.17) is 23.2 Å². The highest BCUT2D eigenvalue weighted by Gasteiger charge is 2.26. The molecule has 1 aromatic rings. The highest BCUT2D eigenvalue weighted by Crippen LogP contribution is 2.27. The summed E-state index contributed by atoms with van der Waals surface area (Å²) in [5, 5.41) is 0.575. The molecule has 0 heterocycles. The summed E-state index contributed by atoms with van der Waals surface area (Å²) in [5.41, 5.74) is 0.619. The average molecular weight is 379 g/mol. The van der Waals surface area contributed by atoms with Gasteiger partial charge in [-0.05, 0) is 47.0 Å². The van der Waals surface area contributed by atoms with Crippen molar-refractivity contribution in [1.82, 2.24) is 4.90 Å². The van der Waals surface area contributed by atoms with Crippen molar-refractivity contribution >= 4 is 45.0 Å². The van der Waals surface area contributed by atoms with Crippen molar-refractivity contribution in [3.8, 4) is 0 Å². The second-order valence-electron chi connectivity index (χ2n) is 5.10. The topological polar surface area (TPSA) is 20.3 Å². The van der Waals surface area contributed by atoms with Crippen LogP contribution in [-0.4, -0.2) is 29.3 Å². The van der Waals surface area contributed by atoms with Crippen molar-refractivity contribution < 1.29 is 4.79 Å². The molecule has 2 nitrogen and oxygen atoms in total. The summed E-state index contributed by atoms with van der Waals surface area (Å²) < 4.78 is 0.780. The van der Waals surface area contributed by atoms with E-state index in [1.165, 1.54) is 19.3 Å². The van der Waals surface area contributed by atoms with Gasteiger partial charge in [-0.3, -0.25) is 4.79 Å². The van der Waals surface area contributed by atoms with Crippen LogP contribution in [0.1, 0.15) is 42.5 Å². The number of carbonyl (C=O) groups is 1. The first kappa shape index (κ1) is 16.1. The summed E-state index contributed by atoms with van der Waals surface area (Å²) in [4.78, 5) is 14.7. The van der Waals surface area contributed by atoms with E-state index >= 15 is 0 Å². The lowest BCUT2D eigenvalue weighted by Crippen LogP contribution is -2.42. The van der Waals surface area contributed by atoms with E-state index in [-0.39, 0.29) is 5.91 Å². The van der Waals surface area contributed by atoms with Crippen LogP contribution >= 0.6 is 39.1 Å². The second-order valence-corrected chi connectivity index (χ2v) is 6.77. The van der Waals surface area contributed by atoms with Crippen LogP contribution in [0.15, 0.2) is 22.7 Å². The standard InChI is InChI=1S/C15H18BrCl2NO/c16-14-7-6-11(18)10-13(14)15(20)19(9-8-17)12-4-2-1-3-5-12/h6-7,10,12H,1-5,8-9H2. The molecule has 5 heteroatoms. The number of alkyl halides is 1. The van der Waals surface area contributed by atoms with Gasteiger partial charge in [0.2, 0.25) is 0 Å². The van der Waals surface area contributed by atoms with Gasteiger partial charge in [-0.1, -0.05) is 30.9 Å². The van der Waals surface area contributed by atoms with Gasteiger partial charge < -0.3 is 4.90 Å². The number of carbonyl (C=O) groups excluding carboxylic acids is 1. The van der Waals surface area contributed by atoms with Crippen molar-refractivity contribution in [2.45, 2.75) is 38.1 Å². The van der Waals surface area contributed by atoms with Gasteiger partial charge in [-0.25, -0.2) is 0 Å². The molecule has 1 aliphatic rings. The zero-order valence-electron chi connectivity index (χ0n) is 11.2. The third-order valence-corrected chi connectivity index (χ3v) is 4.86. The van der Waals surface area contributed by atoms with Gasteiger partial charge in [0.1, 0.15) is 0 Å². The normalized spacial score (nSPS) is 16.1. The molecule has 0 saturated heterocycles. The van der Waals surface area contributed by atoms with Crippen LogP contribution in [0.4, 0.5) is 0 Å². The van der Waals surface area contributed by atoms with Crippen molar-refractivity contribution in [2.75, 3.05) is 12.4 Å². The van der Waals surface area contributed by atoms with Crippen molar-refractivity contribution in [3.05, 3.63) is 33.3 Å². The van der Waals surface area contributed by atoms with Gasteiger partial charge in [0.15, 0.2) is 0 Å². The molecule has 1 aliphatic carbocycles. The largest absolute Gasteiger partial charge is 0.334 e. The van der Waals surface area contributed by atoms with Crippen LogP contribution in [0.2, 0.25) is 5.02 Å². The SMILES string of the molecule is O=C(c1cc(Cl)ccc1Br)N(CCCl)C1CCCCC1. The Bertz CT molecular complexity index is 475. The van der Waals surface area contributed by atoms with E-state index in [1.54, 1.807) is 12.1 Å². The lowest BCUT2D eigenvalue weighted by atomic mass is 9.93. The molecule has 1 saturated carbocycles. The Balaban J connectivity index is 2.23. The number of hydrogen-bond donors (Lipinski definition) is 0. The van der Waals surface area contributed by atoms with E-state index in [2.05, 4.69) is 15.9 Å². The number of benzene rings is 1. The first-order valence-corrected chi connectivity index (χ1v) is 8.66. The summed E-state index contributed by atoms with van der Waals surface area (Å²) in [5.74, 6) is 0.479. The van der Waals surface area contributed by atoms with Crippen molar-refractivity contribution in [2.24, 2.45) is 0 Å². The molecule has 1 aromatic carbocycles. The summed E-state index contributed by atoms with van der Waals surface area (Å²) in [7, 11) is 0. The van der Waals surface area contributed by atoms with Gasteiger partial charge >= 0.3 is 0 Å². The molecule has 1 fully saturated rings. The van der Waals surface area contributed by atoms with E-state index in [0.717, 1.165) is 17.3 Å². The van der Waals surface area contributed by atoms with Gasteiger partial charge in [-0.15, -0.1) is 11.6 Å². The van der Waals surface area contributed by atoms with Crippen LogP contribution in [0.25, 0.3) is 0 Å². The molecule has 0 spiro atoms. The number of rotatable bonds is 4. The van der Waals surface area contributed by atoms with E-state index < -0.39 is 0 Å². The Labute approximate surface area is 138 Å². The fraction of sp³-hybridized carbons (Fsp3) is 0.533. The molecule has 110 valence electrons. The summed E-state index contributed by atoms with van der Waals surface area (Å²) in [6, 6.07) is 5.61. The van der Waals surface area contributed by atoms with Crippen molar-refractivity contribution in [3.63, 3.8) is 0 Å². The molecule has 1 amide bonds. The molecule has 0 bridgehead atoms. The molecule has 0 aliphatic heterocycles. The zero-order chi connectivity index (χ0) is 14.5. The molecular formula is C15H18BrCl2NO. The lowest BCUT2D eigenvalue weighted by molar-refractivity contribution is 0.0649. The molecule has 20 heavy (non-hydrogen) atoms. The quantitative estimate of drug-likeness (QED) is 0.666. The molecule has 0 radical (unpaired) electrons. The van der Waals surface area contributed by atoms with Gasteiger partial charge in [0.05, 0.1) is 5.56 Å².